The number of hydrogen-bond donors (Lipinski definition) is 0. The van der Waals surface area contributed by atoms with E-state index in [0.717, 1.165) is 37.3 Å². The van der Waals surface area contributed by atoms with Gasteiger partial charge in [-0.15, -0.1) is 5.10 Å². The summed E-state index contributed by atoms with van der Waals surface area (Å²) in [7, 11) is 0. The second-order valence-electron chi connectivity index (χ2n) is 7.23. The van der Waals surface area contributed by atoms with Gasteiger partial charge in [-0.25, -0.2) is 0 Å². The van der Waals surface area contributed by atoms with Gasteiger partial charge in [-0.1, -0.05) is 19.8 Å². The van der Waals surface area contributed by atoms with Gasteiger partial charge in [0.2, 0.25) is 5.88 Å². The van der Waals surface area contributed by atoms with Crippen molar-refractivity contribution in [3.63, 3.8) is 0 Å². The van der Waals surface area contributed by atoms with Gasteiger partial charge < -0.3 is 14.4 Å². The first-order valence-corrected chi connectivity index (χ1v) is 10.1. The second kappa shape index (κ2) is 10.1. The first-order chi connectivity index (χ1) is 13.7. The topological polar surface area (TPSA) is 64.5 Å². The molecule has 150 valence electrons. The fourth-order valence-corrected chi connectivity index (χ4v) is 3.26. The van der Waals surface area contributed by atoms with Crippen LogP contribution in [0.15, 0.2) is 36.4 Å². The summed E-state index contributed by atoms with van der Waals surface area (Å²) in [6.45, 7) is 6.08. The number of piperidine rings is 1. The highest BCUT2D eigenvalue weighted by molar-refractivity contribution is 5.94. The first kappa shape index (κ1) is 20.1. The van der Waals surface area contributed by atoms with Crippen molar-refractivity contribution in [2.75, 3.05) is 19.7 Å². The number of aromatic nitrogens is 2. The van der Waals surface area contributed by atoms with E-state index >= 15 is 0 Å². The Balaban J connectivity index is 1.53. The maximum absolute atomic E-state index is 12.9. The SMILES string of the molecule is CCCCCOc1ccc(C(=O)N2CCCC(Oc3ccc(C)nn3)C2)cc1. The number of rotatable bonds is 8. The zero-order valence-corrected chi connectivity index (χ0v) is 16.8. The van der Waals surface area contributed by atoms with Crippen LogP contribution in [0.2, 0.25) is 0 Å². The van der Waals surface area contributed by atoms with Crippen molar-refractivity contribution in [2.24, 2.45) is 0 Å². The Kier molecular flexibility index (Phi) is 7.23. The molecule has 0 saturated carbocycles. The van der Waals surface area contributed by atoms with E-state index in [4.69, 9.17) is 9.47 Å². The molecule has 0 spiro atoms. The predicted molar refractivity (Wildman–Crippen MR) is 108 cm³/mol. The second-order valence-corrected chi connectivity index (χ2v) is 7.23. The Morgan fingerprint density at radius 2 is 1.96 bits per heavy atom. The van der Waals surface area contributed by atoms with E-state index in [1.807, 2.05) is 48.2 Å². The van der Waals surface area contributed by atoms with Crippen LogP contribution in [0.25, 0.3) is 0 Å². The lowest BCUT2D eigenvalue weighted by molar-refractivity contribution is 0.0525. The molecule has 0 bridgehead atoms. The van der Waals surface area contributed by atoms with Gasteiger partial charge >= 0.3 is 0 Å². The van der Waals surface area contributed by atoms with Crippen molar-refractivity contribution in [2.45, 2.75) is 52.1 Å². The Bertz CT molecular complexity index is 747. The third-order valence-corrected chi connectivity index (χ3v) is 4.84. The molecule has 2 aromatic rings. The Morgan fingerprint density at radius 3 is 2.68 bits per heavy atom. The summed E-state index contributed by atoms with van der Waals surface area (Å²) in [6, 6.07) is 11.1. The van der Waals surface area contributed by atoms with Crippen LogP contribution in [0.1, 0.15) is 55.1 Å². The van der Waals surface area contributed by atoms with E-state index < -0.39 is 0 Å². The smallest absolute Gasteiger partial charge is 0.253 e. The summed E-state index contributed by atoms with van der Waals surface area (Å²) < 4.78 is 11.6. The lowest BCUT2D eigenvalue weighted by atomic mass is 10.1. The van der Waals surface area contributed by atoms with Gasteiger partial charge in [0.05, 0.1) is 18.8 Å². The van der Waals surface area contributed by atoms with Gasteiger partial charge in [0.1, 0.15) is 11.9 Å². The molecule has 2 heterocycles. The van der Waals surface area contributed by atoms with Crippen LogP contribution in [0.4, 0.5) is 0 Å². The van der Waals surface area contributed by atoms with Gasteiger partial charge in [-0.3, -0.25) is 4.79 Å². The fourth-order valence-electron chi connectivity index (χ4n) is 3.26. The molecule has 0 radical (unpaired) electrons. The van der Waals surface area contributed by atoms with E-state index in [0.29, 0.717) is 24.6 Å². The van der Waals surface area contributed by atoms with Crippen molar-refractivity contribution in [3.8, 4) is 11.6 Å². The lowest BCUT2D eigenvalue weighted by Gasteiger charge is -2.32. The maximum Gasteiger partial charge on any atom is 0.253 e. The average molecular weight is 383 g/mol. The molecule has 1 aromatic carbocycles. The molecule has 1 unspecified atom stereocenters. The Hall–Kier alpha value is -2.63. The number of benzene rings is 1. The van der Waals surface area contributed by atoms with Crippen LogP contribution in [0, 0.1) is 6.92 Å². The molecule has 1 atom stereocenters. The first-order valence-electron chi connectivity index (χ1n) is 10.1. The minimum atomic E-state index is -0.0594. The predicted octanol–water partition coefficient (Wildman–Crippen LogP) is 4.04. The number of likely N-dealkylation sites (tertiary alicyclic amines) is 1. The van der Waals surface area contributed by atoms with Gasteiger partial charge in [0.25, 0.3) is 5.91 Å². The van der Waals surface area contributed by atoms with E-state index in [2.05, 4.69) is 17.1 Å². The number of carbonyl (C=O) groups excluding carboxylic acids is 1. The van der Waals surface area contributed by atoms with Crippen LogP contribution in [0.3, 0.4) is 0 Å². The van der Waals surface area contributed by atoms with Crippen molar-refractivity contribution < 1.29 is 14.3 Å². The van der Waals surface area contributed by atoms with E-state index in [-0.39, 0.29) is 12.0 Å². The Morgan fingerprint density at radius 1 is 1.14 bits per heavy atom. The van der Waals surface area contributed by atoms with E-state index in [9.17, 15) is 4.79 Å². The van der Waals surface area contributed by atoms with E-state index in [1.165, 1.54) is 12.8 Å². The summed E-state index contributed by atoms with van der Waals surface area (Å²) in [6.07, 6.45) is 5.16. The molecule has 1 fully saturated rings. The summed E-state index contributed by atoms with van der Waals surface area (Å²) in [5, 5.41) is 8.08. The van der Waals surface area contributed by atoms with Gasteiger partial charge in [0, 0.05) is 18.2 Å². The molecular formula is C22H29N3O3. The highest BCUT2D eigenvalue weighted by Gasteiger charge is 2.26. The molecule has 6 heteroatoms. The quantitative estimate of drug-likeness (QED) is 0.644. The van der Waals surface area contributed by atoms with E-state index in [1.54, 1.807) is 0 Å². The fraction of sp³-hybridized carbons (Fsp3) is 0.500. The molecule has 6 nitrogen and oxygen atoms in total. The maximum atomic E-state index is 12.9. The van der Waals surface area contributed by atoms with Crippen LogP contribution < -0.4 is 9.47 Å². The largest absolute Gasteiger partial charge is 0.494 e. The summed E-state index contributed by atoms with van der Waals surface area (Å²) >= 11 is 0. The summed E-state index contributed by atoms with van der Waals surface area (Å²) in [4.78, 5) is 14.7. The number of hydrogen-bond acceptors (Lipinski definition) is 5. The minimum absolute atomic E-state index is 0.0285. The van der Waals surface area contributed by atoms with Crippen molar-refractivity contribution in [1.29, 1.82) is 0 Å². The van der Waals surface area contributed by atoms with Gasteiger partial charge in [-0.05, 0) is 56.5 Å². The molecule has 1 aliphatic heterocycles. The zero-order valence-electron chi connectivity index (χ0n) is 16.8. The Labute approximate surface area is 166 Å². The molecule has 1 amide bonds. The highest BCUT2D eigenvalue weighted by Crippen LogP contribution is 2.20. The molecule has 0 aliphatic carbocycles. The summed E-state index contributed by atoms with van der Waals surface area (Å²) in [5.41, 5.74) is 1.53. The van der Waals surface area contributed by atoms with Crippen LogP contribution in [0.5, 0.6) is 11.6 Å². The molecule has 0 N–H and O–H groups in total. The van der Waals surface area contributed by atoms with Crippen molar-refractivity contribution >= 4 is 5.91 Å². The molecule has 28 heavy (non-hydrogen) atoms. The minimum Gasteiger partial charge on any atom is -0.494 e. The lowest BCUT2D eigenvalue weighted by Crippen LogP contribution is -2.44. The molecule has 3 rings (SSSR count). The van der Waals surface area contributed by atoms with Gasteiger partial charge in [0.15, 0.2) is 0 Å². The van der Waals surface area contributed by atoms with Crippen molar-refractivity contribution in [3.05, 3.63) is 47.7 Å². The van der Waals surface area contributed by atoms with Crippen molar-refractivity contribution in [1.82, 2.24) is 15.1 Å². The van der Waals surface area contributed by atoms with Crippen LogP contribution in [-0.4, -0.2) is 46.8 Å². The molecule has 1 aliphatic rings. The van der Waals surface area contributed by atoms with Gasteiger partial charge in [-0.2, -0.15) is 5.10 Å². The summed E-state index contributed by atoms with van der Waals surface area (Å²) in [5.74, 6) is 1.35. The number of amides is 1. The highest BCUT2D eigenvalue weighted by atomic mass is 16.5. The number of aryl methyl sites for hydroxylation is 1. The number of ether oxygens (including phenoxy) is 2. The standard InChI is InChI=1S/C22H29N3O3/c1-3-4-5-15-27-19-11-9-18(10-12-19)22(26)25-14-6-7-20(16-25)28-21-13-8-17(2)23-24-21/h8-13,20H,3-7,14-16H2,1-2H3. The van der Waals surface area contributed by atoms with Crippen LogP contribution >= 0.6 is 0 Å². The number of nitrogens with zero attached hydrogens (tertiary/aromatic N) is 3. The number of unbranched alkanes of at least 4 members (excludes halogenated alkanes) is 2. The third-order valence-electron chi connectivity index (χ3n) is 4.84. The normalized spacial score (nSPS) is 16.6. The zero-order chi connectivity index (χ0) is 19.8. The van der Waals surface area contributed by atoms with Crippen LogP contribution in [-0.2, 0) is 0 Å². The molecule has 1 saturated heterocycles. The molecule has 1 aromatic heterocycles. The third kappa shape index (κ3) is 5.68. The monoisotopic (exact) mass is 383 g/mol. The number of carbonyl (C=O) groups is 1. The average Bonchev–Trinajstić information content (AvgIpc) is 2.73. The molecular weight excluding hydrogens is 354 g/mol.